The van der Waals surface area contributed by atoms with Crippen molar-refractivity contribution >= 4 is 34.2 Å². The van der Waals surface area contributed by atoms with Gasteiger partial charge in [-0.05, 0) is 40.8 Å². The SMILES string of the molecule is CC1(C)C(Cl)CC1Oc1cccc(I)c1. The molecule has 1 saturated carbocycles. The van der Waals surface area contributed by atoms with Gasteiger partial charge in [-0.1, -0.05) is 19.9 Å². The summed E-state index contributed by atoms with van der Waals surface area (Å²) in [6.45, 7) is 4.32. The second-order valence-electron chi connectivity index (χ2n) is 4.59. The van der Waals surface area contributed by atoms with Crippen LogP contribution in [0.5, 0.6) is 5.75 Å². The van der Waals surface area contributed by atoms with Crippen LogP contribution in [0, 0.1) is 8.99 Å². The minimum atomic E-state index is 0.0861. The lowest BCUT2D eigenvalue weighted by atomic mass is 9.68. The molecular formula is C12H14ClIO. The van der Waals surface area contributed by atoms with Gasteiger partial charge in [-0.2, -0.15) is 0 Å². The van der Waals surface area contributed by atoms with E-state index in [9.17, 15) is 0 Å². The summed E-state index contributed by atoms with van der Waals surface area (Å²) in [7, 11) is 0. The van der Waals surface area contributed by atoms with Gasteiger partial charge in [-0.3, -0.25) is 0 Å². The lowest BCUT2D eigenvalue weighted by molar-refractivity contribution is -0.0130. The Hall–Kier alpha value is 0.0400. The Morgan fingerprint density at radius 3 is 2.73 bits per heavy atom. The van der Waals surface area contributed by atoms with Crippen molar-refractivity contribution in [3.63, 3.8) is 0 Å². The maximum Gasteiger partial charge on any atom is 0.120 e. The van der Waals surface area contributed by atoms with Crippen LogP contribution in [0.1, 0.15) is 20.3 Å². The Morgan fingerprint density at radius 2 is 2.20 bits per heavy atom. The van der Waals surface area contributed by atoms with Crippen molar-refractivity contribution < 1.29 is 4.74 Å². The molecule has 0 aliphatic heterocycles. The third-order valence-corrected chi connectivity index (χ3v) is 4.54. The molecular weight excluding hydrogens is 322 g/mol. The van der Waals surface area contributed by atoms with E-state index < -0.39 is 0 Å². The molecule has 1 aliphatic rings. The molecule has 0 radical (unpaired) electrons. The van der Waals surface area contributed by atoms with Crippen molar-refractivity contribution in [3.05, 3.63) is 27.8 Å². The lowest BCUT2D eigenvalue weighted by Gasteiger charge is -2.48. The molecule has 1 aromatic carbocycles. The first-order valence-corrected chi connectivity index (χ1v) is 6.58. The Balaban J connectivity index is 2.05. The molecule has 82 valence electrons. The topological polar surface area (TPSA) is 9.23 Å². The summed E-state index contributed by atoms with van der Waals surface area (Å²) in [5.41, 5.74) is 0.0861. The van der Waals surface area contributed by atoms with E-state index in [1.807, 2.05) is 12.1 Å². The highest BCUT2D eigenvalue weighted by Gasteiger charge is 2.49. The van der Waals surface area contributed by atoms with E-state index in [0.717, 1.165) is 12.2 Å². The molecule has 0 aromatic heterocycles. The van der Waals surface area contributed by atoms with Gasteiger partial charge in [0, 0.05) is 20.8 Å². The molecule has 1 aromatic rings. The number of benzene rings is 1. The minimum absolute atomic E-state index is 0.0861. The molecule has 15 heavy (non-hydrogen) atoms. The van der Waals surface area contributed by atoms with Gasteiger partial charge in [0.1, 0.15) is 11.9 Å². The van der Waals surface area contributed by atoms with Gasteiger partial charge in [0.25, 0.3) is 0 Å². The Labute approximate surface area is 109 Å². The first-order valence-electron chi connectivity index (χ1n) is 5.06. The number of halogens is 2. The first-order chi connectivity index (χ1) is 7.00. The smallest absolute Gasteiger partial charge is 0.120 e. The van der Waals surface area contributed by atoms with Crippen molar-refractivity contribution in [2.45, 2.75) is 31.7 Å². The molecule has 3 heteroatoms. The van der Waals surface area contributed by atoms with Crippen LogP contribution in [0.15, 0.2) is 24.3 Å². The van der Waals surface area contributed by atoms with Gasteiger partial charge in [0.2, 0.25) is 0 Å². The second-order valence-corrected chi connectivity index (χ2v) is 6.36. The van der Waals surface area contributed by atoms with Crippen LogP contribution in [-0.4, -0.2) is 11.5 Å². The van der Waals surface area contributed by atoms with Gasteiger partial charge in [-0.15, -0.1) is 11.6 Å². The molecule has 2 atom stereocenters. The fraction of sp³-hybridized carbons (Fsp3) is 0.500. The Bertz CT molecular complexity index is 364. The normalized spacial score (nSPS) is 28.3. The first kappa shape index (κ1) is 11.5. The molecule has 2 rings (SSSR count). The van der Waals surface area contributed by atoms with Gasteiger partial charge < -0.3 is 4.74 Å². The van der Waals surface area contributed by atoms with Gasteiger partial charge >= 0.3 is 0 Å². The van der Waals surface area contributed by atoms with Crippen LogP contribution in [-0.2, 0) is 0 Å². The van der Waals surface area contributed by atoms with Crippen LogP contribution in [0.25, 0.3) is 0 Å². The van der Waals surface area contributed by atoms with Crippen LogP contribution in [0.4, 0.5) is 0 Å². The summed E-state index contributed by atoms with van der Waals surface area (Å²) in [4.78, 5) is 0. The zero-order valence-electron chi connectivity index (χ0n) is 8.84. The Morgan fingerprint density at radius 1 is 1.47 bits per heavy atom. The van der Waals surface area contributed by atoms with E-state index in [0.29, 0.717) is 0 Å². The van der Waals surface area contributed by atoms with Crippen molar-refractivity contribution in [2.75, 3.05) is 0 Å². The highest BCUT2D eigenvalue weighted by atomic mass is 127. The second kappa shape index (κ2) is 4.13. The molecule has 1 aliphatic carbocycles. The van der Waals surface area contributed by atoms with Crippen molar-refractivity contribution in [3.8, 4) is 5.75 Å². The monoisotopic (exact) mass is 336 g/mol. The van der Waals surface area contributed by atoms with Crippen molar-refractivity contribution in [1.29, 1.82) is 0 Å². The molecule has 1 nitrogen and oxygen atoms in total. The number of hydrogen-bond donors (Lipinski definition) is 0. The van der Waals surface area contributed by atoms with Crippen LogP contribution < -0.4 is 4.74 Å². The predicted octanol–water partition coefficient (Wildman–Crippen LogP) is 4.08. The molecule has 0 bridgehead atoms. The minimum Gasteiger partial charge on any atom is -0.490 e. The van der Waals surface area contributed by atoms with E-state index in [4.69, 9.17) is 16.3 Å². The zero-order chi connectivity index (χ0) is 11.1. The molecule has 0 N–H and O–H groups in total. The number of rotatable bonds is 2. The zero-order valence-corrected chi connectivity index (χ0v) is 11.7. The van der Waals surface area contributed by atoms with E-state index in [1.54, 1.807) is 0 Å². The Kier molecular flexibility index (Phi) is 3.17. The highest BCUT2D eigenvalue weighted by molar-refractivity contribution is 14.1. The summed E-state index contributed by atoms with van der Waals surface area (Å²) >= 11 is 8.44. The van der Waals surface area contributed by atoms with Gasteiger partial charge in [0.15, 0.2) is 0 Å². The van der Waals surface area contributed by atoms with Gasteiger partial charge in [0.05, 0.1) is 0 Å². The van der Waals surface area contributed by atoms with E-state index in [2.05, 4.69) is 48.6 Å². The molecule has 1 fully saturated rings. The quantitative estimate of drug-likeness (QED) is 0.584. The average molecular weight is 337 g/mol. The largest absolute Gasteiger partial charge is 0.490 e. The predicted molar refractivity (Wildman–Crippen MR) is 71.6 cm³/mol. The molecule has 0 heterocycles. The summed E-state index contributed by atoms with van der Waals surface area (Å²) in [5.74, 6) is 0.948. The molecule has 2 unspecified atom stereocenters. The van der Waals surface area contributed by atoms with Gasteiger partial charge in [-0.25, -0.2) is 0 Å². The molecule has 0 saturated heterocycles. The van der Waals surface area contributed by atoms with Crippen LogP contribution in [0.3, 0.4) is 0 Å². The maximum atomic E-state index is 6.15. The summed E-state index contributed by atoms with van der Waals surface area (Å²) in [6, 6.07) is 8.13. The third kappa shape index (κ3) is 2.26. The van der Waals surface area contributed by atoms with Crippen LogP contribution >= 0.6 is 34.2 Å². The number of hydrogen-bond acceptors (Lipinski definition) is 1. The highest BCUT2D eigenvalue weighted by Crippen LogP contribution is 2.46. The molecule has 0 amide bonds. The standard InChI is InChI=1S/C12H14ClIO/c1-12(2)10(13)7-11(12)15-9-5-3-4-8(14)6-9/h3-6,10-11H,7H2,1-2H3. The summed E-state index contributed by atoms with van der Waals surface area (Å²) in [5, 5.41) is 0.241. The third-order valence-electron chi connectivity index (χ3n) is 3.13. The maximum absolute atomic E-state index is 6.15. The van der Waals surface area contributed by atoms with E-state index >= 15 is 0 Å². The lowest BCUT2D eigenvalue weighted by Crippen LogP contribution is -2.53. The van der Waals surface area contributed by atoms with Crippen molar-refractivity contribution in [2.24, 2.45) is 5.41 Å². The fourth-order valence-corrected chi connectivity index (χ4v) is 2.56. The number of alkyl halides is 1. The molecule has 0 spiro atoms. The van der Waals surface area contributed by atoms with Crippen molar-refractivity contribution in [1.82, 2.24) is 0 Å². The van der Waals surface area contributed by atoms with E-state index in [-0.39, 0.29) is 16.9 Å². The summed E-state index contributed by atoms with van der Waals surface area (Å²) in [6.07, 6.45) is 1.19. The average Bonchev–Trinajstić information content (AvgIpc) is 2.17. The number of ether oxygens (including phenoxy) is 1. The van der Waals surface area contributed by atoms with Crippen LogP contribution in [0.2, 0.25) is 0 Å². The summed E-state index contributed by atoms with van der Waals surface area (Å²) < 4.78 is 7.13. The van der Waals surface area contributed by atoms with E-state index in [1.165, 1.54) is 3.57 Å². The fourth-order valence-electron chi connectivity index (χ4n) is 1.74.